The molecular weight excluding hydrogens is 241 g/mol. The predicted molar refractivity (Wildman–Crippen MR) is 67.7 cm³/mol. The summed E-state index contributed by atoms with van der Waals surface area (Å²) < 4.78 is 13.3. The zero-order valence-electron chi connectivity index (χ0n) is 9.88. The largest absolute Gasteiger partial charge is 0.354 e. The van der Waals surface area contributed by atoms with Crippen LogP contribution in [0.5, 0.6) is 0 Å². The van der Waals surface area contributed by atoms with Crippen LogP contribution in [-0.2, 0) is 11.2 Å². The summed E-state index contributed by atoms with van der Waals surface area (Å²) in [5, 5.41) is 2.65. The first-order valence-corrected chi connectivity index (χ1v) is 6.21. The zero-order valence-corrected chi connectivity index (χ0v) is 10.6. The molecule has 1 unspecified atom stereocenters. The van der Waals surface area contributed by atoms with Gasteiger partial charge in [0.25, 0.3) is 0 Å². The molecule has 0 fully saturated rings. The highest BCUT2D eigenvalue weighted by Crippen LogP contribution is 2.07. The quantitative estimate of drug-likeness (QED) is 0.780. The predicted octanol–water partition coefficient (Wildman–Crippen LogP) is 2.89. The minimum atomic E-state index is -0.348. The Kier molecular flexibility index (Phi) is 5.98. The zero-order chi connectivity index (χ0) is 12.7. The van der Waals surface area contributed by atoms with Gasteiger partial charge in [0.15, 0.2) is 0 Å². The average Bonchev–Trinajstić information content (AvgIpc) is 2.30. The van der Waals surface area contributed by atoms with Gasteiger partial charge in [-0.3, -0.25) is 4.79 Å². The number of hydrogen-bond acceptors (Lipinski definition) is 1. The minimum absolute atomic E-state index is 0.0513. The van der Waals surface area contributed by atoms with E-state index in [1.54, 1.807) is 18.2 Å². The van der Waals surface area contributed by atoms with Gasteiger partial charge < -0.3 is 5.32 Å². The lowest BCUT2D eigenvalue weighted by Gasteiger charge is -2.10. The van der Waals surface area contributed by atoms with Crippen LogP contribution in [0.2, 0.25) is 0 Å². The Morgan fingerprint density at radius 2 is 2.18 bits per heavy atom. The summed E-state index contributed by atoms with van der Waals surface area (Å²) in [4.78, 5) is 11.5. The molecule has 4 heteroatoms. The van der Waals surface area contributed by atoms with Crippen molar-refractivity contribution in [3.8, 4) is 0 Å². The van der Waals surface area contributed by atoms with Crippen molar-refractivity contribution >= 4 is 17.5 Å². The summed E-state index contributed by atoms with van der Waals surface area (Å²) in [5.41, 5.74) is 0.409. The van der Waals surface area contributed by atoms with E-state index in [4.69, 9.17) is 11.6 Å². The Morgan fingerprint density at radius 1 is 1.47 bits per heavy atom. The fraction of sp³-hybridized carbons (Fsp3) is 0.462. The molecule has 0 saturated carbocycles. The van der Waals surface area contributed by atoms with Crippen molar-refractivity contribution in [3.05, 3.63) is 35.6 Å². The average molecular weight is 258 g/mol. The molecule has 94 valence electrons. The van der Waals surface area contributed by atoms with E-state index in [1.807, 2.05) is 6.92 Å². The summed E-state index contributed by atoms with van der Waals surface area (Å²) >= 11 is 5.97. The summed E-state index contributed by atoms with van der Waals surface area (Å²) in [5.74, 6) is -0.546. The van der Waals surface area contributed by atoms with Gasteiger partial charge in [-0.1, -0.05) is 31.5 Å². The van der Waals surface area contributed by atoms with Crippen molar-refractivity contribution in [2.45, 2.75) is 31.6 Å². The molecule has 0 saturated heterocycles. The Labute approximate surface area is 106 Å². The summed E-state index contributed by atoms with van der Waals surface area (Å²) in [6.45, 7) is 2.47. The molecule has 1 N–H and O–H groups in total. The van der Waals surface area contributed by atoms with Crippen LogP contribution < -0.4 is 5.32 Å². The number of carbonyl (C=O) groups excluding carboxylic acids is 1. The molecule has 0 radical (unpaired) electrons. The SMILES string of the molecule is CCCC(Cl)CNC(=O)Cc1ccccc1F. The maximum absolute atomic E-state index is 13.3. The van der Waals surface area contributed by atoms with Crippen LogP contribution >= 0.6 is 11.6 Å². The minimum Gasteiger partial charge on any atom is -0.354 e. The third kappa shape index (κ3) is 5.18. The molecular formula is C13H17ClFNO. The molecule has 0 aromatic heterocycles. The topological polar surface area (TPSA) is 29.1 Å². The lowest BCUT2D eigenvalue weighted by Crippen LogP contribution is -2.31. The molecule has 0 aliphatic rings. The molecule has 0 bridgehead atoms. The van der Waals surface area contributed by atoms with Gasteiger partial charge in [-0.05, 0) is 18.1 Å². The lowest BCUT2D eigenvalue weighted by atomic mass is 10.1. The summed E-state index contributed by atoms with van der Waals surface area (Å²) in [6.07, 6.45) is 1.90. The van der Waals surface area contributed by atoms with Crippen LogP contribution in [-0.4, -0.2) is 17.8 Å². The maximum atomic E-state index is 13.3. The van der Waals surface area contributed by atoms with Gasteiger partial charge in [-0.2, -0.15) is 0 Å². The van der Waals surface area contributed by atoms with Crippen LogP contribution in [0.4, 0.5) is 4.39 Å². The van der Waals surface area contributed by atoms with Gasteiger partial charge in [-0.15, -0.1) is 11.6 Å². The Balaban J connectivity index is 2.37. The normalized spacial score (nSPS) is 12.2. The van der Waals surface area contributed by atoms with Crippen LogP contribution in [0.15, 0.2) is 24.3 Å². The summed E-state index contributed by atoms with van der Waals surface area (Å²) in [6, 6.07) is 6.28. The number of amides is 1. The first-order chi connectivity index (χ1) is 8.13. The number of benzene rings is 1. The molecule has 1 atom stereocenters. The monoisotopic (exact) mass is 257 g/mol. The van der Waals surface area contributed by atoms with E-state index < -0.39 is 0 Å². The number of rotatable bonds is 6. The van der Waals surface area contributed by atoms with Gasteiger partial charge in [0.2, 0.25) is 5.91 Å². The maximum Gasteiger partial charge on any atom is 0.224 e. The second kappa shape index (κ2) is 7.28. The van der Waals surface area contributed by atoms with Crippen molar-refractivity contribution in [3.63, 3.8) is 0 Å². The molecule has 0 aliphatic heterocycles. The Hall–Kier alpha value is -1.09. The smallest absolute Gasteiger partial charge is 0.224 e. The first-order valence-electron chi connectivity index (χ1n) is 5.77. The standard InChI is InChI=1S/C13H17ClFNO/c1-2-5-11(14)9-16-13(17)8-10-6-3-4-7-12(10)15/h3-4,6-7,11H,2,5,8-9H2,1H3,(H,16,17). The second-order valence-electron chi connectivity index (χ2n) is 3.96. The molecule has 1 aromatic carbocycles. The number of hydrogen-bond donors (Lipinski definition) is 1. The number of carbonyl (C=O) groups is 1. The second-order valence-corrected chi connectivity index (χ2v) is 4.58. The molecule has 2 nitrogen and oxygen atoms in total. The molecule has 0 spiro atoms. The highest BCUT2D eigenvalue weighted by Gasteiger charge is 2.09. The third-order valence-electron chi connectivity index (χ3n) is 2.43. The van der Waals surface area contributed by atoms with E-state index in [1.165, 1.54) is 6.07 Å². The van der Waals surface area contributed by atoms with Crippen molar-refractivity contribution in [2.24, 2.45) is 0 Å². The Morgan fingerprint density at radius 3 is 2.82 bits per heavy atom. The molecule has 1 amide bonds. The van der Waals surface area contributed by atoms with Crippen LogP contribution in [0.1, 0.15) is 25.3 Å². The fourth-order valence-corrected chi connectivity index (χ4v) is 1.81. The third-order valence-corrected chi connectivity index (χ3v) is 2.80. The highest BCUT2D eigenvalue weighted by atomic mass is 35.5. The molecule has 0 heterocycles. The van der Waals surface area contributed by atoms with Crippen LogP contribution in [0.3, 0.4) is 0 Å². The number of halogens is 2. The Bertz CT molecular complexity index is 370. The van der Waals surface area contributed by atoms with E-state index >= 15 is 0 Å². The van der Waals surface area contributed by atoms with E-state index in [-0.39, 0.29) is 23.5 Å². The van der Waals surface area contributed by atoms with E-state index in [0.29, 0.717) is 12.1 Å². The molecule has 1 aromatic rings. The van der Waals surface area contributed by atoms with Crippen LogP contribution in [0, 0.1) is 5.82 Å². The van der Waals surface area contributed by atoms with Crippen LogP contribution in [0.25, 0.3) is 0 Å². The van der Waals surface area contributed by atoms with Gasteiger partial charge in [0, 0.05) is 6.54 Å². The summed E-state index contributed by atoms with van der Waals surface area (Å²) in [7, 11) is 0. The van der Waals surface area contributed by atoms with Crippen molar-refractivity contribution in [1.29, 1.82) is 0 Å². The molecule has 1 rings (SSSR count). The van der Waals surface area contributed by atoms with E-state index in [9.17, 15) is 9.18 Å². The van der Waals surface area contributed by atoms with Gasteiger partial charge in [0.1, 0.15) is 5.82 Å². The van der Waals surface area contributed by atoms with Gasteiger partial charge in [0.05, 0.1) is 11.8 Å². The number of alkyl halides is 1. The molecule has 17 heavy (non-hydrogen) atoms. The van der Waals surface area contributed by atoms with Crippen molar-refractivity contribution in [1.82, 2.24) is 5.32 Å². The van der Waals surface area contributed by atoms with Gasteiger partial charge >= 0.3 is 0 Å². The number of nitrogens with one attached hydrogen (secondary N) is 1. The van der Waals surface area contributed by atoms with E-state index in [0.717, 1.165) is 12.8 Å². The highest BCUT2D eigenvalue weighted by molar-refractivity contribution is 6.20. The fourth-order valence-electron chi connectivity index (χ4n) is 1.52. The van der Waals surface area contributed by atoms with Crippen molar-refractivity contribution in [2.75, 3.05) is 6.54 Å². The molecule has 0 aliphatic carbocycles. The van der Waals surface area contributed by atoms with E-state index in [2.05, 4.69) is 5.32 Å². The van der Waals surface area contributed by atoms with Crippen molar-refractivity contribution < 1.29 is 9.18 Å². The van der Waals surface area contributed by atoms with Gasteiger partial charge in [-0.25, -0.2) is 4.39 Å². The lowest BCUT2D eigenvalue weighted by molar-refractivity contribution is -0.120. The first kappa shape index (κ1) is 14.0.